The number of hydrogen-bond acceptors (Lipinski definition) is 6. The molecule has 0 bridgehead atoms. The summed E-state index contributed by atoms with van der Waals surface area (Å²) in [6.45, 7) is 3.53. The number of allylic oxidation sites excluding steroid dienone is 2. The fourth-order valence-electron chi connectivity index (χ4n) is 7.80. The number of fused-ring (bicyclic) bond motifs is 2. The van der Waals surface area contributed by atoms with E-state index in [2.05, 4.69) is 40.3 Å². The highest BCUT2D eigenvalue weighted by Gasteiger charge is 2.45. The maximum atomic E-state index is 12.3. The third-order valence-electron chi connectivity index (χ3n) is 10.4. The number of thioether (sulfide) groups is 1. The van der Waals surface area contributed by atoms with Crippen LogP contribution in [0, 0.1) is 17.8 Å². The van der Waals surface area contributed by atoms with Crippen molar-refractivity contribution in [1.82, 2.24) is 21.3 Å². The molecule has 8 unspecified atom stereocenters. The zero-order valence-electron chi connectivity index (χ0n) is 28.0. The molecule has 2 heterocycles. The summed E-state index contributed by atoms with van der Waals surface area (Å²) >= 11 is 1.92. The van der Waals surface area contributed by atoms with Crippen molar-refractivity contribution in [3.8, 4) is 0 Å². The summed E-state index contributed by atoms with van der Waals surface area (Å²) in [6, 6.07) is 0.437. The second-order valence-corrected chi connectivity index (χ2v) is 15.3. The van der Waals surface area contributed by atoms with Crippen LogP contribution in [0.4, 0.5) is 4.79 Å². The topological polar surface area (TPSA) is 140 Å². The normalized spacial score (nSPS) is 29.9. The minimum Gasteiger partial charge on any atom is -0.392 e. The van der Waals surface area contributed by atoms with Crippen LogP contribution in [-0.2, 0) is 9.59 Å². The largest absolute Gasteiger partial charge is 0.392 e. The lowest BCUT2D eigenvalue weighted by Gasteiger charge is -2.17. The zero-order valence-corrected chi connectivity index (χ0v) is 28.8. The Bertz CT molecular complexity index is 1040. The number of carbonyl (C=O) groups excluding carboxylic acids is 3. The van der Waals surface area contributed by atoms with E-state index in [0.717, 1.165) is 102 Å². The van der Waals surface area contributed by atoms with Gasteiger partial charge in [-0.15, -0.1) is 0 Å². The molecular weight excluding hydrogens is 600 g/mol. The molecule has 4 fully saturated rings. The van der Waals surface area contributed by atoms with Gasteiger partial charge in [0.05, 0.1) is 24.3 Å². The molecule has 0 aromatic heterocycles. The van der Waals surface area contributed by atoms with Crippen molar-refractivity contribution in [3.05, 3.63) is 23.8 Å². The van der Waals surface area contributed by atoms with Gasteiger partial charge in [0.15, 0.2) is 0 Å². The molecule has 9 nitrogen and oxygen atoms in total. The van der Waals surface area contributed by atoms with E-state index in [9.17, 15) is 24.6 Å². The fourth-order valence-corrected chi connectivity index (χ4v) is 9.34. The fraction of sp³-hybridized carbons (Fsp3) is 0.806. The highest BCUT2D eigenvalue weighted by molar-refractivity contribution is 8.00. The van der Waals surface area contributed by atoms with Crippen molar-refractivity contribution in [2.45, 2.75) is 146 Å². The van der Waals surface area contributed by atoms with Crippen LogP contribution >= 0.6 is 11.8 Å². The van der Waals surface area contributed by atoms with Crippen molar-refractivity contribution < 1.29 is 24.6 Å². The molecule has 2 saturated carbocycles. The molecule has 260 valence electrons. The lowest BCUT2D eigenvalue weighted by Crippen LogP contribution is -2.36. The summed E-state index contributed by atoms with van der Waals surface area (Å²) < 4.78 is 0. The SMILES string of the molecule is CCCCCC(O)C=CC1C(O)CC2CC(=CCCCC(=O)NCCCCCNC(=O)CCCCC3SCC4NC(=O)NC43)CC21. The predicted octanol–water partition coefficient (Wildman–Crippen LogP) is 5.12. The van der Waals surface area contributed by atoms with Crippen LogP contribution in [0.15, 0.2) is 23.8 Å². The Balaban J connectivity index is 0.956. The lowest BCUT2D eigenvalue weighted by molar-refractivity contribution is -0.121. The van der Waals surface area contributed by atoms with Crippen LogP contribution in [-0.4, -0.2) is 76.4 Å². The molecule has 2 aliphatic carbocycles. The average Bonchev–Trinajstić information content (AvgIpc) is 3.77. The van der Waals surface area contributed by atoms with E-state index in [1.807, 2.05) is 17.8 Å². The monoisotopic (exact) mass is 660 g/mol. The molecule has 4 rings (SSSR count). The van der Waals surface area contributed by atoms with E-state index in [4.69, 9.17) is 0 Å². The van der Waals surface area contributed by atoms with Gasteiger partial charge in [0, 0.05) is 42.9 Å². The van der Waals surface area contributed by atoms with Gasteiger partial charge in [-0.05, 0) is 82.5 Å². The average molecular weight is 661 g/mol. The second-order valence-electron chi connectivity index (χ2n) is 14.0. The molecule has 0 aromatic carbocycles. The van der Waals surface area contributed by atoms with Crippen molar-refractivity contribution in [2.75, 3.05) is 18.8 Å². The maximum absolute atomic E-state index is 12.3. The van der Waals surface area contributed by atoms with Crippen molar-refractivity contribution >= 4 is 29.6 Å². The molecule has 0 aromatic rings. The van der Waals surface area contributed by atoms with E-state index in [0.29, 0.717) is 43.0 Å². The van der Waals surface area contributed by atoms with Gasteiger partial charge in [-0.25, -0.2) is 4.79 Å². The first kappa shape index (κ1) is 36.8. The number of urea groups is 1. The Morgan fingerprint density at radius 3 is 2.50 bits per heavy atom. The Kier molecular flexibility index (Phi) is 15.8. The van der Waals surface area contributed by atoms with Gasteiger partial charge in [0.2, 0.25) is 11.8 Å². The number of hydrogen-bond donors (Lipinski definition) is 6. The molecule has 10 heteroatoms. The summed E-state index contributed by atoms with van der Waals surface area (Å²) in [6.07, 6.45) is 21.2. The first-order chi connectivity index (χ1) is 22.3. The Hall–Kier alpha value is -2.04. The summed E-state index contributed by atoms with van der Waals surface area (Å²) in [4.78, 5) is 35.9. The number of aliphatic hydroxyl groups is 2. The third kappa shape index (κ3) is 11.9. The molecule has 0 radical (unpaired) electrons. The van der Waals surface area contributed by atoms with Crippen molar-refractivity contribution in [1.29, 1.82) is 0 Å². The predicted molar refractivity (Wildman–Crippen MR) is 185 cm³/mol. The molecule has 4 aliphatic rings. The minimum absolute atomic E-state index is 0.0511. The van der Waals surface area contributed by atoms with Gasteiger partial charge in [0.1, 0.15) is 0 Å². The van der Waals surface area contributed by atoms with Crippen LogP contribution in [0.25, 0.3) is 0 Å². The zero-order chi connectivity index (χ0) is 32.7. The van der Waals surface area contributed by atoms with Gasteiger partial charge < -0.3 is 31.5 Å². The van der Waals surface area contributed by atoms with E-state index < -0.39 is 6.10 Å². The molecule has 2 aliphatic heterocycles. The van der Waals surface area contributed by atoms with E-state index in [1.54, 1.807) is 0 Å². The molecule has 2 saturated heterocycles. The molecule has 8 atom stereocenters. The van der Waals surface area contributed by atoms with Gasteiger partial charge in [0.25, 0.3) is 0 Å². The van der Waals surface area contributed by atoms with Crippen LogP contribution < -0.4 is 21.3 Å². The summed E-state index contributed by atoms with van der Waals surface area (Å²) in [5, 5.41) is 33.4. The molecule has 4 amide bonds. The van der Waals surface area contributed by atoms with Gasteiger partial charge in [-0.3, -0.25) is 9.59 Å². The molecule has 0 spiro atoms. The highest BCUT2D eigenvalue weighted by Crippen LogP contribution is 2.50. The Morgan fingerprint density at radius 2 is 1.74 bits per heavy atom. The van der Waals surface area contributed by atoms with Crippen LogP contribution in [0.5, 0.6) is 0 Å². The molecule has 46 heavy (non-hydrogen) atoms. The van der Waals surface area contributed by atoms with E-state index in [-0.39, 0.29) is 42.0 Å². The van der Waals surface area contributed by atoms with Crippen LogP contribution in [0.2, 0.25) is 0 Å². The third-order valence-corrected chi connectivity index (χ3v) is 11.9. The first-order valence-corrected chi connectivity index (χ1v) is 19.3. The second kappa shape index (κ2) is 19.7. The minimum atomic E-state index is -0.410. The van der Waals surface area contributed by atoms with Crippen molar-refractivity contribution in [2.24, 2.45) is 17.8 Å². The van der Waals surface area contributed by atoms with Crippen LogP contribution in [0.3, 0.4) is 0 Å². The Morgan fingerprint density at radius 1 is 0.978 bits per heavy atom. The van der Waals surface area contributed by atoms with Gasteiger partial charge in [-0.2, -0.15) is 11.8 Å². The summed E-state index contributed by atoms with van der Waals surface area (Å²) in [5.41, 5.74) is 1.47. The Labute approximate surface area is 281 Å². The first-order valence-electron chi connectivity index (χ1n) is 18.3. The number of carbonyl (C=O) groups is 3. The highest BCUT2D eigenvalue weighted by atomic mass is 32.2. The smallest absolute Gasteiger partial charge is 0.315 e. The van der Waals surface area contributed by atoms with Crippen LogP contribution in [0.1, 0.15) is 116 Å². The quantitative estimate of drug-likeness (QED) is 0.0574. The summed E-state index contributed by atoms with van der Waals surface area (Å²) in [5.74, 6) is 2.32. The number of nitrogens with one attached hydrogen (secondary N) is 4. The number of rotatable bonds is 21. The lowest BCUT2D eigenvalue weighted by atomic mass is 9.90. The van der Waals surface area contributed by atoms with Gasteiger partial charge in [-0.1, -0.05) is 56.4 Å². The summed E-state index contributed by atoms with van der Waals surface area (Å²) in [7, 11) is 0. The molecular formula is C36H60N4O5S. The standard InChI is InChI=1S/C36H60N4O5S/c1-2-3-5-13-27(41)17-18-28-29-22-25(21-26(29)23-31(28)42)12-6-8-15-33(43)37-19-10-4-11-20-38-34(44)16-9-7-14-32-35-30(24-46-32)39-36(45)40-35/h12,17-18,26-32,35,41-42H,2-11,13-16,19-24H2,1H3,(H,37,43)(H,38,44)(H2,39,40,45). The maximum Gasteiger partial charge on any atom is 0.315 e. The number of unbranched alkanes of at least 4 members (excludes halogenated alkanes) is 6. The van der Waals surface area contributed by atoms with E-state index >= 15 is 0 Å². The van der Waals surface area contributed by atoms with E-state index in [1.165, 1.54) is 5.57 Å². The number of aliphatic hydroxyl groups excluding tert-OH is 2. The molecule has 6 N–H and O–H groups in total. The van der Waals surface area contributed by atoms with Crippen molar-refractivity contribution in [3.63, 3.8) is 0 Å². The van der Waals surface area contributed by atoms with Gasteiger partial charge >= 0.3 is 6.03 Å². The number of amides is 4.